The molecule has 0 unspecified atom stereocenters. The Morgan fingerprint density at radius 2 is 2.00 bits per heavy atom. The van der Waals surface area contributed by atoms with E-state index in [1.54, 1.807) is 0 Å². The summed E-state index contributed by atoms with van der Waals surface area (Å²) in [4.78, 5) is 11.3. The zero-order valence-electron chi connectivity index (χ0n) is 11.3. The highest BCUT2D eigenvalue weighted by Crippen LogP contribution is 2.16. The lowest BCUT2D eigenvalue weighted by Gasteiger charge is -2.10. The number of rotatable bonds is 5. The van der Waals surface area contributed by atoms with Crippen LogP contribution in [0, 0.1) is 0 Å². The number of carbonyl (C=O) groups is 1. The largest absolute Gasteiger partial charge is 0.379 e. The molecule has 0 aliphatic carbocycles. The van der Waals surface area contributed by atoms with Crippen LogP contribution in [0.25, 0.3) is 0 Å². The molecule has 0 spiro atoms. The highest BCUT2D eigenvalue weighted by Gasteiger charge is 2.01. The fourth-order valence-electron chi connectivity index (χ4n) is 1.83. The molecule has 0 saturated heterocycles. The molecule has 0 bridgehead atoms. The number of hydrogen-bond acceptors (Lipinski definition) is 2. The van der Waals surface area contributed by atoms with E-state index in [-0.39, 0.29) is 5.91 Å². The molecular weight excluding hydrogens is 238 g/mol. The van der Waals surface area contributed by atoms with Crippen molar-refractivity contribution in [2.75, 3.05) is 10.6 Å². The minimum Gasteiger partial charge on any atom is -0.379 e. The highest BCUT2D eigenvalue weighted by atomic mass is 16.1. The van der Waals surface area contributed by atoms with Gasteiger partial charge in [0.1, 0.15) is 0 Å². The number of anilines is 2. The standard InChI is InChI=1S/C15H19N3O/c1-3-15(19)17-13-7-4-6-12(10-13)16-11-14-8-5-9-18(14)2/h4-10,16H,3,11H2,1-2H3,(H,17,19). The molecule has 1 heterocycles. The van der Waals surface area contributed by atoms with Crippen LogP contribution >= 0.6 is 0 Å². The van der Waals surface area contributed by atoms with Gasteiger partial charge < -0.3 is 15.2 Å². The van der Waals surface area contributed by atoms with Crippen LogP contribution in [0.3, 0.4) is 0 Å². The summed E-state index contributed by atoms with van der Waals surface area (Å²) in [6, 6.07) is 11.9. The molecule has 0 aliphatic heterocycles. The Kier molecular flexibility index (Phi) is 4.23. The van der Waals surface area contributed by atoms with Gasteiger partial charge in [0.2, 0.25) is 5.91 Å². The fraction of sp³-hybridized carbons (Fsp3) is 0.267. The molecular formula is C15H19N3O. The summed E-state index contributed by atoms with van der Waals surface area (Å²) in [5.74, 6) is 0.0274. The minimum absolute atomic E-state index is 0.0274. The quantitative estimate of drug-likeness (QED) is 0.865. The molecule has 1 amide bonds. The summed E-state index contributed by atoms with van der Waals surface area (Å²) in [6.07, 6.45) is 2.51. The van der Waals surface area contributed by atoms with E-state index < -0.39 is 0 Å². The highest BCUT2D eigenvalue weighted by molar-refractivity contribution is 5.90. The molecule has 4 nitrogen and oxygen atoms in total. The lowest BCUT2D eigenvalue weighted by atomic mass is 10.2. The van der Waals surface area contributed by atoms with Crippen molar-refractivity contribution in [2.45, 2.75) is 19.9 Å². The average Bonchev–Trinajstić information content (AvgIpc) is 2.82. The number of nitrogens with zero attached hydrogens (tertiary/aromatic N) is 1. The third-order valence-corrected chi connectivity index (χ3v) is 2.99. The third-order valence-electron chi connectivity index (χ3n) is 2.99. The summed E-state index contributed by atoms with van der Waals surface area (Å²) < 4.78 is 2.08. The first-order valence-electron chi connectivity index (χ1n) is 6.43. The molecule has 0 saturated carbocycles. The molecule has 0 aliphatic rings. The zero-order chi connectivity index (χ0) is 13.7. The molecule has 100 valence electrons. The van der Waals surface area contributed by atoms with Gasteiger partial charge in [0.25, 0.3) is 0 Å². The van der Waals surface area contributed by atoms with Crippen LogP contribution in [0.1, 0.15) is 19.0 Å². The van der Waals surface area contributed by atoms with Crippen molar-refractivity contribution in [3.8, 4) is 0 Å². The first-order valence-corrected chi connectivity index (χ1v) is 6.43. The number of benzene rings is 1. The second-order valence-electron chi connectivity index (χ2n) is 4.45. The normalized spacial score (nSPS) is 10.2. The van der Waals surface area contributed by atoms with Gasteiger partial charge in [-0.1, -0.05) is 13.0 Å². The molecule has 0 fully saturated rings. The molecule has 2 rings (SSSR count). The number of amides is 1. The van der Waals surface area contributed by atoms with E-state index in [1.165, 1.54) is 5.69 Å². The second-order valence-corrected chi connectivity index (χ2v) is 4.45. The lowest BCUT2D eigenvalue weighted by molar-refractivity contribution is -0.115. The number of nitrogens with one attached hydrogen (secondary N) is 2. The number of carbonyl (C=O) groups excluding carboxylic acids is 1. The Morgan fingerprint density at radius 3 is 2.68 bits per heavy atom. The lowest BCUT2D eigenvalue weighted by Crippen LogP contribution is -2.10. The van der Waals surface area contributed by atoms with Crippen LogP contribution in [0.2, 0.25) is 0 Å². The Labute approximate surface area is 113 Å². The van der Waals surface area contributed by atoms with Gasteiger partial charge in [-0.2, -0.15) is 0 Å². The Morgan fingerprint density at radius 1 is 1.21 bits per heavy atom. The SMILES string of the molecule is CCC(=O)Nc1cccc(NCc2cccn2C)c1. The maximum atomic E-state index is 11.3. The molecule has 4 heteroatoms. The molecule has 1 aromatic carbocycles. The Hall–Kier alpha value is -2.23. The van der Waals surface area contributed by atoms with Crippen molar-refractivity contribution in [1.29, 1.82) is 0 Å². The van der Waals surface area contributed by atoms with Gasteiger partial charge in [-0.15, -0.1) is 0 Å². The summed E-state index contributed by atoms with van der Waals surface area (Å²) in [7, 11) is 2.02. The predicted octanol–water partition coefficient (Wildman–Crippen LogP) is 2.99. The van der Waals surface area contributed by atoms with E-state index in [0.717, 1.165) is 17.9 Å². The monoisotopic (exact) mass is 257 g/mol. The zero-order valence-corrected chi connectivity index (χ0v) is 11.3. The third kappa shape index (κ3) is 3.61. The summed E-state index contributed by atoms with van der Waals surface area (Å²) in [5.41, 5.74) is 3.03. The van der Waals surface area contributed by atoms with E-state index in [9.17, 15) is 4.79 Å². The van der Waals surface area contributed by atoms with Gasteiger partial charge in [-0.25, -0.2) is 0 Å². The number of aromatic nitrogens is 1. The van der Waals surface area contributed by atoms with Crippen molar-refractivity contribution < 1.29 is 4.79 Å². The first kappa shape index (κ1) is 13.2. The van der Waals surface area contributed by atoms with Crippen molar-refractivity contribution in [3.63, 3.8) is 0 Å². The van der Waals surface area contributed by atoms with Gasteiger partial charge in [0.15, 0.2) is 0 Å². The minimum atomic E-state index is 0.0274. The molecule has 1 aromatic heterocycles. The topological polar surface area (TPSA) is 46.1 Å². The summed E-state index contributed by atoms with van der Waals surface area (Å²) >= 11 is 0. The second kappa shape index (κ2) is 6.09. The van der Waals surface area contributed by atoms with E-state index in [4.69, 9.17) is 0 Å². The van der Waals surface area contributed by atoms with Gasteiger partial charge in [-0.3, -0.25) is 4.79 Å². The summed E-state index contributed by atoms with van der Waals surface area (Å²) in [6.45, 7) is 2.60. The average molecular weight is 257 g/mol. The molecule has 0 atom stereocenters. The van der Waals surface area contributed by atoms with Crippen molar-refractivity contribution in [3.05, 3.63) is 48.3 Å². The van der Waals surface area contributed by atoms with Gasteiger partial charge in [-0.05, 0) is 30.3 Å². The van der Waals surface area contributed by atoms with Gasteiger partial charge in [0, 0.05) is 36.7 Å². The van der Waals surface area contributed by atoms with Crippen LogP contribution in [0.5, 0.6) is 0 Å². The van der Waals surface area contributed by atoms with Crippen LogP contribution in [0.15, 0.2) is 42.6 Å². The molecule has 2 N–H and O–H groups in total. The van der Waals surface area contributed by atoms with E-state index in [1.807, 2.05) is 50.5 Å². The molecule has 0 radical (unpaired) electrons. The van der Waals surface area contributed by atoms with Crippen LogP contribution < -0.4 is 10.6 Å². The smallest absolute Gasteiger partial charge is 0.224 e. The van der Waals surface area contributed by atoms with Crippen molar-refractivity contribution >= 4 is 17.3 Å². The predicted molar refractivity (Wildman–Crippen MR) is 78.1 cm³/mol. The maximum absolute atomic E-state index is 11.3. The Bertz CT molecular complexity index is 560. The number of hydrogen-bond donors (Lipinski definition) is 2. The number of aryl methyl sites for hydroxylation is 1. The van der Waals surface area contributed by atoms with Gasteiger partial charge >= 0.3 is 0 Å². The van der Waals surface area contributed by atoms with E-state index >= 15 is 0 Å². The van der Waals surface area contributed by atoms with Crippen LogP contribution in [-0.2, 0) is 18.4 Å². The maximum Gasteiger partial charge on any atom is 0.224 e. The van der Waals surface area contributed by atoms with Crippen molar-refractivity contribution in [1.82, 2.24) is 4.57 Å². The van der Waals surface area contributed by atoms with E-state index in [2.05, 4.69) is 21.3 Å². The first-order chi connectivity index (χ1) is 9.19. The van der Waals surface area contributed by atoms with Crippen LogP contribution in [-0.4, -0.2) is 10.5 Å². The van der Waals surface area contributed by atoms with E-state index in [0.29, 0.717) is 6.42 Å². The molecule has 2 aromatic rings. The van der Waals surface area contributed by atoms with Crippen LogP contribution in [0.4, 0.5) is 11.4 Å². The summed E-state index contributed by atoms with van der Waals surface area (Å²) in [5, 5.41) is 6.20. The fourth-order valence-corrected chi connectivity index (χ4v) is 1.83. The Balaban J connectivity index is 1.99. The molecule has 19 heavy (non-hydrogen) atoms. The van der Waals surface area contributed by atoms with Gasteiger partial charge in [0.05, 0.1) is 6.54 Å². The van der Waals surface area contributed by atoms with Crippen molar-refractivity contribution in [2.24, 2.45) is 7.05 Å².